The third-order valence-corrected chi connectivity index (χ3v) is 3.17. The fourth-order valence-electron chi connectivity index (χ4n) is 1.07. The summed E-state index contributed by atoms with van der Waals surface area (Å²) in [5, 5.41) is 8.40. The van der Waals surface area contributed by atoms with Gasteiger partial charge in [-0.3, -0.25) is 14.0 Å². The van der Waals surface area contributed by atoms with Crippen molar-refractivity contribution in [3.8, 4) is 0 Å². The van der Waals surface area contributed by atoms with Crippen LogP contribution in [0.1, 0.15) is 12.1 Å². The molecular weight excluding hydrogens is 214 g/mol. The van der Waals surface area contributed by atoms with E-state index in [-0.39, 0.29) is 12.2 Å². The van der Waals surface area contributed by atoms with E-state index < -0.39 is 16.8 Å². The molecule has 82 valence electrons. The Morgan fingerprint density at radius 1 is 1.40 bits per heavy atom. The number of carbonyl (C=O) groups is 1. The summed E-state index contributed by atoms with van der Waals surface area (Å²) in [7, 11) is -1.06. The first-order valence-electron chi connectivity index (χ1n) is 4.65. The van der Waals surface area contributed by atoms with Gasteiger partial charge in [0.1, 0.15) is 0 Å². The molecule has 0 aliphatic heterocycles. The molecule has 1 rings (SSSR count). The molecule has 1 atom stereocenters. The van der Waals surface area contributed by atoms with Crippen LogP contribution < -0.4 is 0 Å². The molecule has 0 saturated carbocycles. The first kappa shape index (κ1) is 11.8. The summed E-state index contributed by atoms with van der Waals surface area (Å²) in [6.07, 6.45) is 2.29. The van der Waals surface area contributed by atoms with E-state index in [0.717, 1.165) is 5.69 Å². The van der Waals surface area contributed by atoms with Crippen LogP contribution in [-0.2, 0) is 22.0 Å². The third kappa shape index (κ3) is 5.27. The summed E-state index contributed by atoms with van der Waals surface area (Å²) in [4.78, 5) is 14.3. The summed E-state index contributed by atoms with van der Waals surface area (Å²) in [5.41, 5.74) is 0.890. The highest BCUT2D eigenvalue weighted by atomic mass is 32.2. The lowest BCUT2D eigenvalue weighted by molar-refractivity contribution is -0.136. The van der Waals surface area contributed by atoms with Crippen molar-refractivity contribution in [2.24, 2.45) is 0 Å². The van der Waals surface area contributed by atoms with Gasteiger partial charge < -0.3 is 5.11 Å². The SMILES string of the molecule is O=C(O)CCS(=O)CCc1ccccn1. The Kier molecular flexibility index (Phi) is 4.97. The zero-order valence-electron chi connectivity index (χ0n) is 8.26. The first-order chi connectivity index (χ1) is 7.18. The fraction of sp³-hybridized carbons (Fsp3) is 0.400. The summed E-state index contributed by atoms with van der Waals surface area (Å²) >= 11 is 0. The molecular formula is C10H13NO3S. The molecule has 0 saturated heterocycles. The second-order valence-corrected chi connectivity index (χ2v) is 4.76. The number of hydrogen-bond acceptors (Lipinski definition) is 3. The minimum absolute atomic E-state index is 0.0329. The van der Waals surface area contributed by atoms with Crippen LogP contribution in [0, 0.1) is 0 Å². The number of carboxylic acids is 1. The fourth-order valence-corrected chi connectivity index (χ4v) is 2.11. The lowest BCUT2D eigenvalue weighted by Crippen LogP contribution is -2.09. The topological polar surface area (TPSA) is 67.3 Å². The highest BCUT2D eigenvalue weighted by Gasteiger charge is 2.04. The first-order valence-corrected chi connectivity index (χ1v) is 6.14. The van der Waals surface area contributed by atoms with E-state index in [4.69, 9.17) is 5.11 Å². The van der Waals surface area contributed by atoms with Crippen molar-refractivity contribution in [3.05, 3.63) is 30.1 Å². The normalized spacial score (nSPS) is 12.3. The zero-order chi connectivity index (χ0) is 11.1. The largest absolute Gasteiger partial charge is 0.481 e. The molecule has 1 N–H and O–H groups in total. The molecule has 4 nitrogen and oxygen atoms in total. The van der Waals surface area contributed by atoms with Crippen LogP contribution >= 0.6 is 0 Å². The Balaban J connectivity index is 2.26. The number of rotatable bonds is 6. The van der Waals surface area contributed by atoms with E-state index >= 15 is 0 Å². The van der Waals surface area contributed by atoms with Gasteiger partial charge >= 0.3 is 5.97 Å². The molecule has 0 fully saturated rings. The monoisotopic (exact) mass is 227 g/mol. The molecule has 0 spiro atoms. The molecule has 0 aliphatic carbocycles. The van der Waals surface area contributed by atoms with Crippen molar-refractivity contribution in [1.29, 1.82) is 0 Å². The van der Waals surface area contributed by atoms with Crippen molar-refractivity contribution in [3.63, 3.8) is 0 Å². The number of pyridine rings is 1. The zero-order valence-corrected chi connectivity index (χ0v) is 9.07. The average Bonchev–Trinajstić information content (AvgIpc) is 2.25. The van der Waals surface area contributed by atoms with Crippen molar-refractivity contribution in [2.75, 3.05) is 11.5 Å². The highest BCUT2D eigenvalue weighted by molar-refractivity contribution is 7.84. The number of hydrogen-bond donors (Lipinski definition) is 1. The molecule has 1 aromatic heterocycles. The molecule has 0 aromatic carbocycles. The lowest BCUT2D eigenvalue weighted by Gasteiger charge is -2.00. The molecule has 5 heteroatoms. The molecule has 0 amide bonds. The molecule has 1 unspecified atom stereocenters. The summed E-state index contributed by atoms with van der Waals surface area (Å²) in [5.74, 6) is -0.201. The summed E-state index contributed by atoms with van der Waals surface area (Å²) < 4.78 is 11.3. The average molecular weight is 227 g/mol. The van der Waals surface area contributed by atoms with Gasteiger partial charge in [0.05, 0.1) is 6.42 Å². The van der Waals surface area contributed by atoms with Gasteiger partial charge in [0.2, 0.25) is 0 Å². The van der Waals surface area contributed by atoms with Crippen LogP contribution in [-0.4, -0.2) is 31.8 Å². The second kappa shape index (κ2) is 6.29. The van der Waals surface area contributed by atoms with Crippen molar-refractivity contribution < 1.29 is 14.1 Å². The van der Waals surface area contributed by atoms with Gasteiger partial charge in [-0.1, -0.05) is 6.07 Å². The van der Waals surface area contributed by atoms with Crippen LogP contribution in [0.2, 0.25) is 0 Å². The number of carboxylic acid groups (broad SMARTS) is 1. The van der Waals surface area contributed by atoms with Gasteiger partial charge in [-0.05, 0) is 12.1 Å². The maximum Gasteiger partial charge on any atom is 0.304 e. The van der Waals surface area contributed by atoms with Crippen LogP contribution in [0.4, 0.5) is 0 Å². The van der Waals surface area contributed by atoms with E-state index in [2.05, 4.69) is 4.98 Å². The Morgan fingerprint density at radius 2 is 2.20 bits per heavy atom. The molecule has 1 heterocycles. The Bertz CT molecular complexity index is 340. The maximum absolute atomic E-state index is 11.3. The van der Waals surface area contributed by atoms with Gasteiger partial charge in [-0.2, -0.15) is 0 Å². The van der Waals surface area contributed by atoms with Crippen LogP contribution in [0.5, 0.6) is 0 Å². The van der Waals surface area contributed by atoms with E-state index in [0.29, 0.717) is 12.2 Å². The second-order valence-electron chi connectivity index (χ2n) is 3.06. The smallest absolute Gasteiger partial charge is 0.304 e. The van der Waals surface area contributed by atoms with Gasteiger partial charge in [0.15, 0.2) is 0 Å². The molecule has 0 aliphatic rings. The minimum Gasteiger partial charge on any atom is -0.481 e. The van der Waals surface area contributed by atoms with Crippen molar-refractivity contribution >= 4 is 16.8 Å². The van der Waals surface area contributed by atoms with Crippen LogP contribution in [0.25, 0.3) is 0 Å². The summed E-state index contributed by atoms with van der Waals surface area (Å²) in [6.45, 7) is 0. The molecule has 0 radical (unpaired) electrons. The van der Waals surface area contributed by atoms with E-state index in [1.165, 1.54) is 0 Å². The number of aliphatic carboxylic acids is 1. The highest BCUT2D eigenvalue weighted by Crippen LogP contribution is 1.97. The molecule has 0 bridgehead atoms. The van der Waals surface area contributed by atoms with Crippen LogP contribution in [0.15, 0.2) is 24.4 Å². The van der Waals surface area contributed by atoms with Gasteiger partial charge in [-0.25, -0.2) is 0 Å². The van der Waals surface area contributed by atoms with Crippen molar-refractivity contribution in [2.45, 2.75) is 12.8 Å². The van der Waals surface area contributed by atoms with E-state index in [1.807, 2.05) is 18.2 Å². The van der Waals surface area contributed by atoms with E-state index in [1.54, 1.807) is 6.20 Å². The standard InChI is InChI=1S/C10H13NO3S/c12-10(13)5-8-15(14)7-4-9-3-1-2-6-11-9/h1-3,6H,4-5,7-8H2,(H,12,13). The van der Waals surface area contributed by atoms with Gasteiger partial charge in [0.25, 0.3) is 0 Å². The number of aromatic nitrogens is 1. The Morgan fingerprint density at radius 3 is 2.80 bits per heavy atom. The van der Waals surface area contributed by atoms with Crippen LogP contribution in [0.3, 0.4) is 0 Å². The van der Waals surface area contributed by atoms with Gasteiger partial charge in [0, 0.05) is 40.6 Å². The van der Waals surface area contributed by atoms with Crippen molar-refractivity contribution in [1.82, 2.24) is 4.98 Å². The predicted molar refractivity (Wildman–Crippen MR) is 58.1 cm³/mol. The Hall–Kier alpha value is -1.23. The number of nitrogens with zero attached hydrogens (tertiary/aromatic N) is 1. The lowest BCUT2D eigenvalue weighted by atomic mass is 10.3. The number of aryl methyl sites for hydroxylation is 1. The molecule has 15 heavy (non-hydrogen) atoms. The third-order valence-electron chi connectivity index (χ3n) is 1.86. The predicted octanol–water partition coefficient (Wildman–Crippen LogP) is 0.848. The quantitative estimate of drug-likeness (QED) is 0.782. The maximum atomic E-state index is 11.3. The molecule has 1 aromatic rings. The summed E-state index contributed by atoms with van der Waals surface area (Å²) in [6, 6.07) is 5.57. The van der Waals surface area contributed by atoms with Gasteiger partial charge in [-0.15, -0.1) is 0 Å². The Labute approximate surface area is 90.8 Å². The minimum atomic E-state index is -1.06. The van der Waals surface area contributed by atoms with E-state index in [9.17, 15) is 9.00 Å².